The first-order valence-electron chi connectivity index (χ1n) is 5.70. The topological polar surface area (TPSA) is 46.9 Å². The van der Waals surface area contributed by atoms with Gasteiger partial charge in [-0.1, -0.05) is 23.7 Å². The van der Waals surface area contributed by atoms with E-state index in [0.717, 1.165) is 11.4 Å². The molecule has 0 atom stereocenters. The third-order valence-corrected chi connectivity index (χ3v) is 2.84. The summed E-state index contributed by atoms with van der Waals surface area (Å²) in [7, 11) is 0. The minimum absolute atomic E-state index is 0.0958. The molecule has 4 nitrogen and oxygen atoms in total. The second-order valence-electron chi connectivity index (χ2n) is 3.94. The van der Waals surface area contributed by atoms with E-state index in [0.29, 0.717) is 18.1 Å². The molecule has 1 aromatic carbocycles. The first-order chi connectivity index (χ1) is 8.66. The predicted octanol–water partition coefficient (Wildman–Crippen LogP) is 2.32. The highest BCUT2D eigenvalue weighted by Gasteiger charge is 2.00. The van der Waals surface area contributed by atoms with Crippen LogP contribution < -0.4 is 10.9 Å². The number of rotatable bonds is 4. The lowest BCUT2D eigenvalue weighted by atomic mass is 10.3. The molecule has 0 unspecified atom stereocenters. The van der Waals surface area contributed by atoms with Gasteiger partial charge in [0.2, 0.25) is 0 Å². The molecule has 0 saturated heterocycles. The monoisotopic (exact) mass is 263 g/mol. The van der Waals surface area contributed by atoms with Crippen LogP contribution >= 0.6 is 11.6 Å². The first-order valence-corrected chi connectivity index (χ1v) is 6.08. The Kier molecular flexibility index (Phi) is 3.99. The zero-order chi connectivity index (χ0) is 13.0. The number of para-hydroxylation sites is 1. The van der Waals surface area contributed by atoms with Crippen molar-refractivity contribution >= 4 is 17.3 Å². The van der Waals surface area contributed by atoms with Crippen molar-refractivity contribution in [3.8, 4) is 0 Å². The Labute approximate surface area is 110 Å². The Morgan fingerprint density at radius 3 is 2.83 bits per heavy atom. The molecule has 0 radical (unpaired) electrons. The summed E-state index contributed by atoms with van der Waals surface area (Å²) in [6, 6.07) is 10.7. The van der Waals surface area contributed by atoms with E-state index in [1.807, 2.05) is 31.2 Å². The SMILES string of the molecule is Cc1ccc(=O)n(CCNc2ccccc2Cl)n1. The summed E-state index contributed by atoms with van der Waals surface area (Å²) in [4.78, 5) is 11.5. The Morgan fingerprint density at radius 2 is 2.06 bits per heavy atom. The number of aryl methyl sites for hydroxylation is 1. The molecule has 94 valence electrons. The van der Waals surface area contributed by atoms with Crippen LogP contribution in [0.4, 0.5) is 5.69 Å². The van der Waals surface area contributed by atoms with Crippen molar-refractivity contribution in [2.75, 3.05) is 11.9 Å². The van der Waals surface area contributed by atoms with Crippen LogP contribution in [-0.4, -0.2) is 16.3 Å². The average Bonchev–Trinajstić information content (AvgIpc) is 2.36. The van der Waals surface area contributed by atoms with Crippen molar-refractivity contribution in [2.45, 2.75) is 13.5 Å². The zero-order valence-electron chi connectivity index (χ0n) is 10.1. The lowest BCUT2D eigenvalue weighted by Crippen LogP contribution is -2.25. The number of aromatic nitrogens is 2. The molecule has 0 aliphatic carbocycles. The molecule has 1 N–H and O–H groups in total. The molecule has 0 aliphatic heterocycles. The number of hydrogen-bond donors (Lipinski definition) is 1. The standard InChI is InChI=1S/C13H14ClN3O/c1-10-6-7-13(18)17(16-10)9-8-15-12-5-3-2-4-11(12)14/h2-7,15H,8-9H2,1H3. The van der Waals surface area contributed by atoms with E-state index in [4.69, 9.17) is 11.6 Å². The Bertz CT molecular complexity index is 595. The van der Waals surface area contributed by atoms with Gasteiger partial charge in [0.1, 0.15) is 0 Å². The van der Waals surface area contributed by atoms with Crippen molar-refractivity contribution in [2.24, 2.45) is 0 Å². The Morgan fingerprint density at radius 1 is 1.28 bits per heavy atom. The molecule has 5 heteroatoms. The zero-order valence-corrected chi connectivity index (χ0v) is 10.8. The smallest absolute Gasteiger partial charge is 0.266 e. The van der Waals surface area contributed by atoms with E-state index >= 15 is 0 Å². The summed E-state index contributed by atoms with van der Waals surface area (Å²) in [5.74, 6) is 0. The minimum atomic E-state index is -0.0958. The normalized spacial score (nSPS) is 10.3. The Hall–Kier alpha value is -1.81. The summed E-state index contributed by atoms with van der Waals surface area (Å²) in [5.41, 5.74) is 1.59. The van der Waals surface area contributed by atoms with Gasteiger partial charge < -0.3 is 5.32 Å². The van der Waals surface area contributed by atoms with Crippen LogP contribution in [0.3, 0.4) is 0 Å². The largest absolute Gasteiger partial charge is 0.382 e. The maximum atomic E-state index is 11.5. The predicted molar refractivity (Wildman–Crippen MR) is 73.2 cm³/mol. The molecule has 1 aromatic heterocycles. The van der Waals surface area contributed by atoms with E-state index in [-0.39, 0.29) is 5.56 Å². The lowest BCUT2D eigenvalue weighted by molar-refractivity contribution is 0.589. The van der Waals surface area contributed by atoms with E-state index < -0.39 is 0 Å². The second-order valence-corrected chi connectivity index (χ2v) is 4.35. The van der Waals surface area contributed by atoms with Gasteiger partial charge in [0.25, 0.3) is 5.56 Å². The molecule has 1 heterocycles. The average molecular weight is 264 g/mol. The van der Waals surface area contributed by atoms with E-state index in [1.54, 1.807) is 6.07 Å². The third kappa shape index (κ3) is 3.11. The highest BCUT2D eigenvalue weighted by atomic mass is 35.5. The lowest BCUT2D eigenvalue weighted by Gasteiger charge is -2.09. The molecule has 0 bridgehead atoms. The summed E-state index contributed by atoms with van der Waals surface area (Å²) < 4.78 is 1.44. The van der Waals surface area contributed by atoms with Crippen LogP contribution in [0.2, 0.25) is 5.02 Å². The number of benzene rings is 1. The van der Waals surface area contributed by atoms with E-state index in [1.165, 1.54) is 10.7 Å². The Balaban J connectivity index is 1.99. The second kappa shape index (κ2) is 5.69. The van der Waals surface area contributed by atoms with Gasteiger partial charge in [0, 0.05) is 12.6 Å². The van der Waals surface area contributed by atoms with E-state index in [2.05, 4.69) is 10.4 Å². The van der Waals surface area contributed by atoms with E-state index in [9.17, 15) is 4.79 Å². The maximum Gasteiger partial charge on any atom is 0.266 e. The van der Waals surface area contributed by atoms with Crippen molar-refractivity contribution in [3.05, 3.63) is 57.5 Å². The molecule has 2 aromatic rings. The molecular weight excluding hydrogens is 250 g/mol. The molecular formula is C13H14ClN3O. The molecule has 18 heavy (non-hydrogen) atoms. The number of nitrogens with one attached hydrogen (secondary N) is 1. The van der Waals surface area contributed by atoms with Gasteiger partial charge in [-0.15, -0.1) is 0 Å². The number of hydrogen-bond acceptors (Lipinski definition) is 3. The molecule has 2 rings (SSSR count). The summed E-state index contributed by atoms with van der Waals surface area (Å²) in [6.45, 7) is 2.96. The fourth-order valence-corrected chi connectivity index (χ4v) is 1.81. The highest BCUT2D eigenvalue weighted by Crippen LogP contribution is 2.19. The van der Waals surface area contributed by atoms with Crippen molar-refractivity contribution in [3.63, 3.8) is 0 Å². The van der Waals surface area contributed by atoms with Crippen LogP contribution in [0.5, 0.6) is 0 Å². The van der Waals surface area contributed by atoms with Crippen molar-refractivity contribution < 1.29 is 0 Å². The van der Waals surface area contributed by atoms with Crippen molar-refractivity contribution in [1.29, 1.82) is 0 Å². The van der Waals surface area contributed by atoms with Gasteiger partial charge in [-0.25, -0.2) is 4.68 Å². The quantitative estimate of drug-likeness (QED) is 0.921. The molecule has 0 fully saturated rings. The summed E-state index contributed by atoms with van der Waals surface area (Å²) in [6.07, 6.45) is 0. The maximum absolute atomic E-state index is 11.5. The number of halogens is 1. The fourth-order valence-electron chi connectivity index (χ4n) is 1.61. The van der Waals surface area contributed by atoms with Crippen LogP contribution in [0, 0.1) is 6.92 Å². The van der Waals surface area contributed by atoms with Crippen LogP contribution in [0.25, 0.3) is 0 Å². The van der Waals surface area contributed by atoms with Gasteiger partial charge in [-0.05, 0) is 25.1 Å². The van der Waals surface area contributed by atoms with Crippen molar-refractivity contribution in [1.82, 2.24) is 9.78 Å². The van der Waals surface area contributed by atoms with Crippen LogP contribution in [0.1, 0.15) is 5.69 Å². The van der Waals surface area contributed by atoms with Crippen LogP contribution in [0.15, 0.2) is 41.2 Å². The fraction of sp³-hybridized carbons (Fsp3) is 0.231. The molecule has 0 spiro atoms. The van der Waals surface area contributed by atoms with Gasteiger partial charge in [0.05, 0.1) is 22.9 Å². The molecule has 0 amide bonds. The number of anilines is 1. The third-order valence-electron chi connectivity index (χ3n) is 2.51. The summed E-state index contributed by atoms with van der Waals surface area (Å²) >= 11 is 6.02. The van der Waals surface area contributed by atoms with Gasteiger partial charge in [-0.2, -0.15) is 5.10 Å². The first kappa shape index (κ1) is 12.6. The molecule has 0 saturated carbocycles. The molecule has 0 aliphatic rings. The highest BCUT2D eigenvalue weighted by molar-refractivity contribution is 6.33. The minimum Gasteiger partial charge on any atom is -0.382 e. The van der Waals surface area contributed by atoms with Gasteiger partial charge in [0.15, 0.2) is 0 Å². The number of nitrogens with zero attached hydrogens (tertiary/aromatic N) is 2. The summed E-state index contributed by atoms with van der Waals surface area (Å²) in [5, 5.41) is 8.00. The van der Waals surface area contributed by atoms with Gasteiger partial charge >= 0.3 is 0 Å². The van der Waals surface area contributed by atoms with Gasteiger partial charge in [-0.3, -0.25) is 4.79 Å². The van der Waals surface area contributed by atoms with Crippen LogP contribution in [-0.2, 0) is 6.54 Å².